The quantitative estimate of drug-likeness (QED) is 0.385. The summed E-state index contributed by atoms with van der Waals surface area (Å²) in [5, 5.41) is 12.1. The highest BCUT2D eigenvalue weighted by molar-refractivity contribution is 6.31. The zero-order valence-electron chi connectivity index (χ0n) is 24.5. The molecule has 1 N–H and O–H groups in total. The number of amides is 4. The number of carbonyl (C=O) groups excluding carboxylic acids is 4. The molecule has 2 atom stereocenters. The maximum absolute atomic E-state index is 14.6. The van der Waals surface area contributed by atoms with Crippen LogP contribution < -0.4 is 15.1 Å². The van der Waals surface area contributed by atoms with E-state index in [4.69, 9.17) is 11.6 Å². The highest BCUT2D eigenvalue weighted by atomic mass is 35.5. The van der Waals surface area contributed by atoms with Gasteiger partial charge in [0.15, 0.2) is 0 Å². The molecule has 10 nitrogen and oxygen atoms in total. The van der Waals surface area contributed by atoms with Gasteiger partial charge in [0, 0.05) is 61.2 Å². The zero-order valence-corrected chi connectivity index (χ0v) is 25.3. The van der Waals surface area contributed by atoms with Gasteiger partial charge >= 0.3 is 0 Å². The minimum Gasteiger partial charge on any atom is -0.351 e. The molecule has 0 radical (unpaired) electrons. The third-order valence-electron chi connectivity index (χ3n) is 7.87. The van der Waals surface area contributed by atoms with Gasteiger partial charge in [-0.3, -0.25) is 29.0 Å². The van der Waals surface area contributed by atoms with Gasteiger partial charge in [-0.25, -0.2) is 18.2 Å². The summed E-state index contributed by atoms with van der Waals surface area (Å²) in [7, 11) is 0. The van der Waals surface area contributed by atoms with Crippen LogP contribution >= 0.6 is 11.6 Å². The van der Waals surface area contributed by atoms with Crippen molar-refractivity contribution in [3.8, 4) is 6.07 Å². The zero-order chi connectivity index (χ0) is 33.2. The first-order valence-corrected chi connectivity index (χ1v) is 14.7. The monoisotopic (exact) mass is 652 g/mol. The van der Waals surface area contributed by atoms with E-state index in [2.05, 4.69) is 10.3 Å². The summed E-state index contributed by atoms with van der Waals surface area (Å²) in [6, 6.07) is 12.5. The van der Waals surface area contributed by atoms with E-state index in [0.29, 0.717) is 0 Å². The predicted octanol–water partition coefficient (Wildman–Crippen LogP) is 4.39. The largest absolute Gasteiger partial charge is 0.351 e. The molecule has 2 fully saturated rings. The summed E-state index contributed by atoms with van der Waals surface area (Å²) in [6.45, 7) is 0.877. The lowest BCUT2D eigenvalue weighted by molar-refractivity contribution is -0.137. The van der Waals surface area contributed by atoms with Crippen LogP contribution in [-0.2, 0) is 19.2 Å². The average molecular weight is 653 g/mol. The van der Waals surface area contributed by atoms with Gasteiger partial charge in [-0.15, -0.1) is 0 Å². The summed E-state index contributed by atoms with van der Waals surface area (Å²) < 4.78 is 42.0. The van der Waals surface area contributed by atoms with Crippen molar-refractivity contribution in [1.29, 1.82) is 5.26 Å². The number of piperazine rings is 1. The number of hydrogen-bond acceptors (Lipinski definition) is 6. The standard InChI is InChI=1S/C32H28ClF3N6O4/c1-19(43)40-17-24(41(29(45)18-40)27-11-20(16-37)9-10-38-27)13-28(44)42(23-6-4-5-21(34)12-23)30(25-7-2-3-8-26(25)33)31(46)39-22-14-32(35,36)15-22/h2-12,22,24,30H,13-15,17-18H2,1H3,(H,39,46)/t24-,30+/m1/s1. The number of benzene rings is 2. The van der Waals surface area contributed by atoms with Crippen molar-refractivity contribution < 1.29 is 32.3 Å². The fourth-order valence-corrected chi connectivity index (χ4v) is 5.91. The Morgan fingerprint density at radius 2 is 1.89 bits per heavy atom. The number of halogens is 4. The number of alkyl halides is 2. The average Bonchev–Trinajstić information content (AvgIpc) is 2.99. The third kappa shape index (κ3) is 6.97. The molecule has 46 heavy (non-hydrogen) atoms. The van der Waals surface area contributed by atoms with Crippen molar-refractivity contribution in [3.63, 3.8) is 0 Å². The third-order valence-corrected chi connectivity index (χ3v) is 8.21. The first-order chi connectivity index (χ1) is 21.9. The minimum absolute atomic E-state index is 0.0364. The fourth-order valence-electron chi connectivity index (χ4n) is 5.67. The minimum atomic E-state index is -2.94. The van der Waals surface area contributed by atoms with Crippen LogP contribution in [0.25, 0.3) is 0 Å². The van der Waals surface area contributed by atoms with Gasteiger partial charge in [0.1, 0.15) is 24.2 Å². The molecule has 238 valence electrons. The fraction of sp³-hybridized carbons (Fsp3) is 0.312. The van der Waals surface area contributed by atoms with Gasteiger partial charge < -0.3 is 10.2 Å². The second-order valence-electron chi connectivity index (χ2n) is 11.2. The number of nitrogens with one attached hydrogen (secondary N) is 1. The van der Waals surface area contributed by atoms with Crippen molar-refractivity contribution in [2.75, 3.05) is 22.9 Å². The molecule has 0 spiro atoms. The van der Waals surface area contributed by atoms with Crippen molar-refractivity contribution >= 4 is 46.7 Å². The normalized spacial score (nSPS) is 18.3. The number of pyridine rings is 1. The van der Waals surface area contributed by atoms with Gasteiger partial charge in [-0.05, 0) is 36.4 Å². The lowest BCUT2D eigenvalue weighted by atomic mass is 9.87. The van der Waals surface area contributed by atoms with E-state index in [9.17, 15) is 37.6 Å². The first-order valence-electron chi connectivity index (χ1n) is 14.3. The summed E-state index contributed by atoms with van der Waals surface area (Å²) in [4.78, 5) is 61.8. The second kappa shape index (κ2) is 13.2. The highest BCUT2D eigenvalue weighted by Gasteiger charge is 2.47. The molecule has 2 aromatic carbocycles. The van der Waals surface area contributed by atoms with E-state index in [1.807, 2.05) is 6.07 Å². The summed E-state index contributed by atoms with van der Waals surface area (Å²) in [6.07, 6.45) is -0.328. The van der Waals surface area contributed by atoms with Crippen LogP contribution in [0.15, 0.2) is 66.9 Å². The number of nitriles is 1. The maximum Gasteiger partial charge on any atom is 0.252 e. The predicted molar refractivity (Wildman–Crippen MR) is 161 cm³/mol. The second-order valence-corrected chi connectivity index (χ2v) is 11.6. The lowest BCUT2D eigenvalue weighted by Gasteiger charge is -2.41. The van der Waals surface area contributed by atoms with E-state index in [1.54, 1.807) is 12.1 Å². The molecule has 3 aromatic rings. The molecule has 14 heteroatoms. The Labute approximate surface area is 267 Å². The van der Waals surface area contributed by atoms with E-state index in [1.165, 1.54) is 59.3 Å². The van der Waals surface area contributed by atoms with Crippen molar-refractivity contribution in [3.05, 3.63) is 88.8 Å². The molecular formula is C32H28ClF3N6O4. The van der Waals surface area contributed by atoms with Crippen LogP contribution in [0.5, 0.6) is 0 Å². The Morgan fingerprint density at radius 1 is 1.15 bits per heavy atom. The van der Waals surface area contributed by atoms with Gasteiger partial charge in [-0.2, -0.15) is 5.26 Å². The molecular weight excluding hydrogens is 625 g/mol. The number of nitrogens with zero attached hydrogens (tertiary/aromatic N) is 5. The Balaban J connectivity index is 1.58. The molecule has 1 aliphatic heterocycles. The smallest absolute Gasteiger partial charge is 0.252 e. The van der Waals surface area contributed by atoms with Crippen molar-refractivity contribution in [2.45, 2.75) is 50.2 Å². The molecule has 1 aliphatic carbocycles. The molecule has 2 aliphatic rings. The molecule has 0 unspecified atom stereocenters. The van der Waals surface area contributed by atoms with Crippen LogP contribution in [0.1, 0.15) is 43.4 Å². The molecule has 4 amide bonds. The van der Waals surface area contributed by atoms with Crippen molar-refractivity contribution in [1.82, 2.24) is 15.2 Å². The Kier molecular flexibility index (Phi) is 9.29. The molecule has 0 bridgehead atoms. The first kappa shape index (κ1) is 32.4. The van der Waals surface area contributed by atoms with E-state index in [-0.39, 0.29) is 40.7 Å². The van der Waals surface area contributed by atoms with Crippen LogP contribution in [0.3, 0.4) is 0 Å². The van der Waals surface area contributed by atoms with Gasteiger partial charge in [0.25, 0.3) is 5.92 Å². The number of carbonyl (C=O) groups is 4. The Morgan fingerprint density at radius 3 is 2.54 bits per heavy atom. The summed E-state index contributed by atoms with van der Waals surface area (Å²) >= 11 is 6.51. The van der Waals surface area contributed by atoms with Crippen molar-refractivity contribution in [2.24, 2.45) is 0 Å². The maximum atomic E-state index is 14.6. The number of aromatic nitrogens is 1. The number of hydrogen-bond donors (Lipinski definition) is 1. The van der Waals surface area contributed by atoms with Gasteiger partial charge in [0.2, 0.25) is 23.6 Å². The topological polar surface area (TPSA) is 127 Å². The van der Waals surface area contributed by atoms with Crippen LogP contribution in [-0.4, -0.2) is 64.6 Å². The van der Waals surface area contributed by atoms with E-state index in [0.717, 1.165) is 17.0 Å². The summed E-state index contributed by atoms with van der Waals surface area (Å²) in [5.74, 6) is -6.16. The van der Waals surface area contributed by atoms with Crippen LogP contribution in [0.2, 0.25) is 5.02 Å². The molecule has 5 rings (SSSR count). The Hall–Kier alpha value is -4.96. The highest BCUT2D eigenvalue weighted by Crippen LogP contribution is 2.39. The van der Waals surface area contributed by atoms with Gasteiger partial charge in [0.05, 0.1) is 17.7 Å². The Bertz CT molecular complexity index is 1730. The molecule has 2 heterocycles. The summed E-state index contributed by atoms with van der Waals surface area (Å²) in [5.41, 5.74) is 0.316. The SMILES string of the molecule is CC(=O)N1CC(=O)N(c2cc(C#N)ccn2)[C@H](CC(=O)N(c2cccc(F)c2)[C@H](C(=O)NC2CC(F)(F)C2)c2ccccc2Cl)C1. The van der Waals surface area contributed by atoms with Crippen LogP contribution in [0.4, 0.5) is 24.7 Å². The van der Waals surface area contributed by atoms with Gasteiger partial charge in [-0.1, -0.05) is 35.9 Å². The molecule has 1 aromatic heterocycles. The lowest BCUT2D eigenvalue weighted by Crippen LogP contribution is -2.59. The van der Waals surface area contributed by atoms with E-state index >= 15 is 0 Å². The van der Waals surface area contributed by atoms with E-state index < -0.39 is 72.8 Å². The number of rotatable bonds is 8. The number of anilines is 2. The molecule has 1 saturated carbocycles. The van der Waals surface area contributed by atoms with Crippen LogP contribution in [0, 0.1) is 17.1 Å². The molecule has 1 saturated heterocycles.